The zero-order chi connectivity index (χ0) is 14.0. The maximum Gasteiger partial charge on any atom is 0.266 e. The first-order valence-electron chi connectivity index (χ1n) is 5.09. The topological polar surface area (TPSA) is 85.1 Å². The summed E-state index contributed by atoms with van der Waals surface area (Å²) >= 11 is 0. The molecule has 100 valence electrons. The highest BCUT2D eigenvalue weighted by atomic mass is 32.2. The average molecular weight is 285 g/mol. The summed E-state index contributed by atoms with van der Waals surface area (Å²) in [7, 11) is -4.22. The van der Waals surface area contributed by atoms with Crippen molar-refractivity contribution in [2.45, 2.75) is 4.90 Å². The van der Waals surface area contributed by atoms with Gasteiger partial charge in [-0.2, -0.15) is 0 Å². The van der Waals surface area contributed by atoms with E-state index in [1.807, 2.05) is 0 Å². The molecule has 2 rings (SSSR count). The number of hydrogen-bond acceptors (Lipinski definition) is 4. The van der Waals surface area contributed by atoms with Crippen LogP contribution in [0.3, 0.4) is 0 Å². The first-order chi connectivity index (χ1) is 8.92. The molecule has 5 nitrogen and oxygen atoms in total. The summed E-state index contributed by atoms with van der Waals surface area (Å²) < 4.78 is 52.5. The largest absolute Gasteiger partial charge is 0.394 e. The second kappa shape index (κ2) is 4.81. The van der Waals surface area contributed by atoms with Crippen LogP contribution in [-0.4, -0.2) is 13.4 Å². The van der Waals surface area contributed by atoms with Crippen LogP contribution in [0.1, 0.15) is 0 Å². The number of nitrogens with two attached hydrogens (primary N) is 1. The molecular formula is C11H9F2N3O2S. The summed E-state index contributed by atoms with van der Waals surface area (Å²) in [5.74, 6) is -2.33. The van der Waals surface area contributed by atoms with Gasteiger partial charge in [-0.3, -0.25) is 4.72 Å². The Bertz CT molecular complexity index is 705. The monoisotopic (exact) mass is 285 g/mol. The van der Waals surface area contributed by atoms with Crippen LogP contribution in [0.15, 0.2) is 41.4 Å². The molecule has 0 bridgehead atoms. The Balaban J connectivity index is 2.44. The molecule has 0 aliphatic carbocycles. The van der Waals surface area contributed by atoms with Crippen LogP contribution in [0.2, 0.25) is 0 Å². The second-order valence-corrected chi connectivity index (χ2v) is 5.24. The third kappa shape index (κ3) is 2.63. The molecule has 8 heteroatoms. The first kappa shape index (κ1) is 13.2. The number of nitrogens with zero attached hydrogens (tertiary/aromatic N) is 1. The second-order valence-electron chi connectivity index (χ2n) is 3.59. The molecule has 0 unspecified atom stereocenters. The number of rotatable bonds is 3. The quantitative estimate of drug-likeness (QED) is 0.841. The van der Waals surface area contributed by atoms with Crippen LogP contribution in [0.5, 0.6) is 0 Å². The number of halogens is 2. The predicted octanol–water partition coefficient (Wildman–Crippen LogP) is 1.74. The normalized spacial score (nSPS) is 11.3. The van der Waals surface area contributed by atoms with Gasteiger partial charge in [-0.1, -0.05) is 6.07 Å². The van der Waals surface area contributed by atoms with E-state index in [0.29, 0.717) is 0 Å². The van der Waals surface area contributed by atoms with Gasteiger partial charge in [0.2, 0.25) is 0 Å². The SMILES string of the molecule is Nc1c(F)ccc(S(=O)(=O)Nc2ccccn2)c1F. The van der Waals surface area contributed by atoms with E-state index in [1.54, 1.807) is 12.1 Å². The van der Waals surface area contributed by atoms with Crippen molar-refractivity contribution in [1.29, 1.82) is 0 Å². The molecule has 19 heavy (non-hydrogen) atoms. The minimum Gasteiger partial charge on any atom is -0.394 e. The van der Waals surface area contributed by atoms with Gasteiger partial charge in [0.05, 0.1) is 0 Å². The number of hydrogen-bond donors (Lipinski definition) is 2. The van der Waals surface area contributed by atoms with Gasteiger partial charge in [0.1, 0.15) is 22.2 Å². The number of pyridine rings is 1. The molecule has 0 spiro atoms. The van der Waals surface area contributed by atoms with Crippen molar-refractivity contribution in [3.8, 4) is 0 Å². The smallest absolute Gasteiger partial charge is 0.266 e. The zero-order valence-electron chi connectivity index (χ0n) is 9.47. The highest BCUT2D eigenvalue weighted by Gasteiger charge is 2.22. The highest BCUT2D eigenvalue weighted by molar-refractivity contribution is 7.92. The lowest BCUT2D eigenvalue weighted by molar-refractivity contribution is 0.557. The van der Waals surface area contributed by atoms with E-state index < -0.39 is 32.2 Å². The van der Waals surface area contributed by atoms with Gasteiger partial charge < -0.3 is 5.73 Å². The van der Waals surface area contributed by atoms with Crippen LogP contribution in [0.4, 0.5) is 20.3 Å². The van der Waals surface area contributed by atoms with Gasteiger partial charge in [0, 0.05) is 6.20 Å². The minimum absolute atomic E-state index is 0.0183. The van der Waals surface area contributed by atoms with Gasteiger partial charge in [-0.15, -0.1) is 0 Å². The van der Waals surface area contributed by atoms with Gasteiger partial charge in [-0.05, 0) is 24.3 Å². The third-order valence-electron chi connectivity index (χ3n) is 2.28. The van der Waals surface area contributed by atoms with Crippen LogP contribution < -0.4 is 10.5 Å². The van der Waals surface area contributed by atoms with Crippen molar-refractivity contribution in [2.24, 2.45) is 0 Å². The Morgan fingerprint density at radius 1 is 1.16 bits per heavy atom. The van der Waals surface area contributed by atoms with Crippen molar-refractivity contribution in [3.05, 3.63) is 48.2 Å². The lowest BCUT2D eigenvalue weighted by atomic mass is 10.3. The van der Waals surface area contributed by atoms with Crippen molar-refractivity contribution >= 4 is 21.5 Å². The molecular weight excluding hydrogens is 276 g/mol. The first-order valence-corrected chi connectivity index (χ1v) is 6.57. The van der Waals surface area contributed by atoms with Crippen LogP contribution in [0, 0.1) is 11.6 Å². The molecule has 0 radical (unpaired) electrons. The molecule has 0 atom stereocenters. The fourth-order valence-corrected chi connectivity index (χ4v) is 2.47. The summed E-state index contributed by atoms with van der Waals surface area (Å²) in [4.78, 5) is 3.00. The maximum absolute atomic E-state index is 13.7. The minimum atomic E-state index is -4.22. The zero-order valence-corrected chi connectivity index (χ0v) is 10.3. The van der Waals surface area contributed by atoms with Crippen molar-refractivity contribution in [1.82, 2.24) is 4.98 Å². The van der Waals surface area contributed by atoms with E-state index in [4.69, 9.17) is 5.73 Å². The van der Waals surface area contributed by atoms with Crippen LogP contribution in [-0.2, 0) is 10.0 Å². The van der Waals surface area contributed by atoms with E-state index in [0.717, 1.165) is 12.1 Å². The molecule has 0 saturated heterocycles. The molecule has 3 N–H and O–H groups in total. The summed E-state index contributed by atoms with van der Waals surface area (Å²) in [5.41, 5.74) is 4.27. The Kier molecular flexibility index (Phi) is 3.34. The molecule has 0 aliphatic rings. The van der Waals surface area contributed by atoms with E-state index >= 15 is 0 Å². The molecule has 0 saturated carbocycles. The third-order valence-corrected chi connectivity index (χ3v) is 3.66. The average Bonchev–Trinajstić information content (AvgIpc) is 2.36. The fourth-order valence-electron chi connectivity index (χ4n) is 1.37. The number of nitrogen functional groups attached to an aromatic ring is 1. The molecule has 0 amide bonds. The summed E-state index contributed by atoms with van der Waals surface area (Å²) in [6.45, 7) is 0. The lowest BCUT2D eigenvalue weighted by Gasteiger charge is -2.09. The van der Waals surface area contributed by atoms with Crippen molar-refractivity contribution in [3.63, 3.8) is 0 Å². The Labute approximate surface area is 108 Å². The molecule has 1 heterocycles. The Morgan fingerprint density at radius 3 is 2.53 bits per heavy atom. The number of sulfonamides is 1. The molecule has 0 aliphatic heterocycles. The molecule has 2 aromatic rings. The number of anilines is 2. The van der Waals surface area contributed by atoms with Gasteiger partial charge in [0.15, 0.2) is 5.82 Å². The van der Waals surface area contributed by atoms with E-state index in [1.165, 1.54) is 12.3 Å². The maximum atomic E-state index is 13.7. The summed E-state index contributed by atoms with van der Waals surface area (Å²) in [6, 6.07) is 6.12. The molecule has 1 aromatic heterocycles. The molecule has 0 fully saturated rings. The number of aromatic nitrogens is 1. The Morgan fingerprint density at radius 2 is 1.89 bits per heavy atom. The van der Waals surface area contributed by atoms with E-state index in [2.05, 4.69) is 9.71 Å². The number of benzene rings is 1. The lowest BCUT2D eigenvalue weighted by Crippen LogP contribution is -2.16. The number of nitrogens with one attached hydrogen (secondary N) is 1. The van der Waals surface area contributed by atoms with E-state index in [9.17, 15) is 17.2 Å². The van der Waals surface area contributed by atoms with Crippen LogP contribution in [0.25, 0.3) is 0 Å². The van der Waals surface area contributed by atoms with Crippen molar-refractivity contribution in [2.75, 3.05) is 10.5 Å². The van der Waals surface area contributed by atoms with E-state index in [-0.39, 0.29) is 5.82 Å². The fraction of sp³-hybridized carbons (Fsp3) is 0. The summed E-state index contributed by atoms with van der Waals surface area (Å²) in [6.07, 6.45) is 1.37. The van der Waals surface area contributed by atoms with Crippen LogP contribution >= 0.6 is 0 Å². The summed E-state index contributed by atoms with van der Waals surface area (Å²) in [5, 5.41) is 0. The van der Waals surface area contributed by atoms with Crippen molar-refractivity contribution < 1.29 is 17.2 Å². The van der Waals surface area contributed by atoms with Gasteiger partial charge in [0.25, 0.3) is 10.0 Å². The standard InChI is InChI=1S/C11H9F2N3O2S/c12-7-4-5-8(10(13)11(7)14)19(17,18)16-9-3-1-2-6-15-9/h1-6H,14H2,(H,15,16). The molecule has 1 aromatic carbocycles. The highest BCUT2D eigenvalue weighted by Crippen LogP contribution is 2.24. The van der Waals surface area contributed by atoms with Gasteiger partial charge >= 0.3 is 0 Å². The predicted molar refractivity (Wildman–Crippen MR) is 65.8 cm³/mol. The van der Waals surface area contributed by atoms with Gasteiger partial charge in [-0.25, -0.2) is 22.2 Å². The Hall–Kier alpha value is -2.22.